The third-order valence-electron chi connectivity index (χ3n) is 4.43. The summed E-state index contributed by atoms with van der Waals surface area (Å²) in [6, 6.07) is 15.1. The molecule has 7 heteroatoms. The van der Waals surface area contributed by atoms with Gasteiger partial charge in [0.2, 0.25) is 0 Å². The minimum atomic E-state index is -0.511. The van der Waals surface area contributed by atoms with Crippen LogP contribution < -0.4 is 15.0 Å². The predicted octanol–water partition coefficient (Wildman–Crippen LogP) is 4.11. The van der Waals surface area contributed by atoms with Crippen LogP contribution in [0, 0.1) is 5.82 Å². The first-order valence-corrected chi connectivity index (χ1v) is 9.65. The van der Waals surface area contributed by atoms with E-state index in [4.69, 9.17) is 4.74 Å². The number of rotatable bonds is 5. The van der Waals surface area contributed by atoms with Crippen molar-refractivity contribution in [2.45, 2.75) is 6.42 Å². The maximum absolute atomic E-state index is 13.5. The van der Waals surface area contributed by atoms with Crippen LogP contribution in [0.3, 0.4) is 0 Å². The molecule has 0 atom stereocenters. The summed E-state index contributed by atoms with van der Waals surface area (Å²) in [5, 5.41) is 4.63. The van der Waals surface area contributed by atoms with E-state index in [1.807, 2.05) is 29.6 Å². The van der Waals surface area contributed by atoms with Crippen LogP contribution in [0.5, 0.6) is 5.75 Å². The van der Waals surface area contributed by atoms with Gasteiger partial charge >= 0.3 is 0 Å². The Morgan fingerprint density at radius 2 is 2.00 bits per heavy atom. The third kappa shape index (κ3) is 3.75. The number of hydrogen-bond donors (Lipinski definition) is 1. The van der Waals surface area contributed by atoms with E-state index in [1.165, 1.54) is 23.5 Å². The number of hydrogen-bond acceptors (Lipinski definition) is 4. The predicted molar refractivity (Wildman–Crippen MR) is 107 cm³/mol. The normalized spacial score (nSPS) is 12.5. The van der Waals surface area contributed by atoms with Gasteiger partial charge in [0.25, 0.3) is 11.8 Å². The molecule has 0 saturated carbocycles. The van der Waals surface area contributed by atoms with Crippen LogP contribution in [0.2, 0.25) is 0 Å². The zero-order valence-electron chi connectivity index (χ0n) is 14.9. The lowest BCUT2D eigenvalue weighted by Crippen LogP contribution is -2.28. The molecular formula is C21H17FN2O3S. The van der Waals surface area contributed by atoms with Crippen molar-refractivity contribution in [1.82, 2.24) is 0 Å². The molecule has 2 amide bonds. The Morgan fingerprint density at radius 1 is 1.14 bits per heavy atom. The number of halogens is 1. The fourth-order valence-corrected chi connectivity index (χ4v) is 3.80. The van der Waals surface area contributed by atoms with Crippen LogP contribution >= 0.6 is 11.3 Å². The van der Waals surface area contributed by atoms with Gasteiger partial charge in [-0.05, 0) is 53.8 Å². The molecule has 4 rings (SSSR count). The van der Waals surface area contributed by atoms with Gasteiger partial charge in [-0.25, -0.2) is 4.39 Å². The minimum absolute atomic E-state index is 0.0103. The van der Waals surface area contributed by atoms with Crippen molar-refractivity contribution < 1.29 is 18.7 Å². The number of nitrogens with zero attached hydrogens (tertiary/aromatic N) is 1. The highest BCUT2D eigenvalue weighted by molar-refractivity contribution is 7.12. The molecule has 1 N–H and O–H groups in total. The smallest absolute Gasteiger partial charge is 0.268 e. The molecule has 28 heavy (non-hydrogen) atoms. The molecule has 0 radical (unpaired) electrons. The topological polar surface area (TPSA) is 58.6 Å². The van der Waals surface area contributed by atoms with Crippen molar-refractivity contribution in [2.24, 2.45) is 0 Å². The van der Waals surface area contributed by atoms with Gasteiger partial charge < -0.3 is 15.0 Å². The van der Waals surface area contributed by atoms with Gasteiger partial charge in [-0.1, -0.05) is 18.2 Å². The number of nitrogens with one attached hydrogen (secondary N) is 1. The number of anilines is 2. The van der Waals surface area contributed by atoms with Crippen molar-refractivity contribution in [3.8, 4) is 5.75 Å². The summed E-state index contributed by atoms with van der Waals surface area (Å²) < 4.78 is 18.7. The van der Waals surface area contributed by atoms with Crippen LogP contribution in [0.4, 0.5) is 15.8 Å². The van der Waals surface area contributed by atoms with Crippen molar-refractivity contribution in [2.75, 3.05) is 23.4 Å². The number of ether oxygens (including phenoxy) is 1. The zero-order valence-corrected chi connectivity index (χ0v) is 15.7. The fraction of sp³-hybridized carbons (Fsp3) is 0.143. The number of benzene rings is 2. The largest absolute Gasteiger partial charge is 0.481 e. The van der Waals surface area contributed by atoms with Crippen LogP contribution in [-0.2, 0) is 11.2 Å². The number of carbonyl (C=O) groups excluding carboxylic acids is 2. The van der Waals surface area contributed by atoms with E-state index in [0.29, 0.717) is 17.1 Å². The number of thiophene rings is 1. The molecule has 2 heterocycles. The van der Waals surface area contributed by atoms with Gasteiger partial charge in [0.15, 0.2) is 18.2 Å². The standard InChI is InChI=1S/C21H17FN2O3S/c22-16-4-1-2-5-18(16)27-13-20(25)23-15-7-8-17-14(12-15)9-10-24(17)21(26)19-6-3-11-28-19/h1-8,11-12H,9-10,13H2,(H,23,25). The lowest BCUT2D eigenvalue weighted by Gasteiger charge is -2.16. The number of carbonyl (C=O) groups is 2. The highest BCUT2D eigenvalue weighted by Crippen LogP contribution is 2.32. The van der Waals surface area contributed by atoms with Crippen molar-refractivity contribution >= 4 is 34.5 Å². The van der Waals surface area contributed by atoms with E-state index in [1.54, 1.807) is 23.1 Å². The molecule has 1 aliphatic heterocycles. The molecule has 2 aromatic carbocycles. The Labute approximate surface area is 165 Å². The quantitative estimate of drug-likeness (QED) is 0.706. The van der Waals surface area contributed by atoms with E-state index < -0.39 is 5.82 Å². The summed E-state index contributed by atoms with van der Waals surface area (Å²) in [6.07, 6.45) is 0.724. The summed E-state index contributed by atoms with van der Waals surface area (Å²) in [7, 11) is 0. The van der Waals surface area contributed by atoms with E-state index in [2.05, 4.69) is 5.32 Å². The van der Waals surface area contributed by atoms with Gasteiger partial charge in [0, 0.05) is 17.9 Å². The number of amides is 2. The van der Waals surface area contributed by atoms with E-state index >= 15 is 0 Å². The highest BCUT2D eigenvalue weighted by Gasteiger charge is 2.26. The average molecular weight is 396 g/mol. The van der Waals surface area contributed by atoms with Crippen molar-refractivity contribution in [1.29, 1.82) is 0 Å². The molecule has 0 bridgehead atoms. The van der Waals surface area contributed by atoms with Gasteiger partial charge in [-0.15, -0.1) is 11.3 Å². The Hall–Kier alpha value is -3.19. The molecule has 142 valence electrons. The Morgan fingerprint density at radius 3 is 2.79 bits per heavy atom. The third-order valence-corrected chi connectivity index (χ3v) is 5.29. The molecule has 3 aromatic rings. The monoisotopic (exact) mass is 396 g/mol. The molecule has 0 fully saturated rings. The van der Waals surface area contributed by atoms with Gasteiger partial charge in [-0.3, -0.25) is 9.59 Å². The van der Waals surface area contributed by atoms with Crippen molar-refractivity contribution in [3.05, 3.63) is 76.2 Å². The Balaban J connectivity index is 1.40. The molecular weight excluding hydrogens is 379 g/mol. The number of para-hydroxylation sites is 1. The SMILES string of the molecule is O=C(COc1ccccc1F)Nc1ccc2c(c1)CCN2C(=O)c1cccs1. The highest BCUT2D eigenvalue weighted by atomic mass is 32.1. The second-order valence-corrected chi connectivity index (χ2v) is 7.24. The van der Waals surface area contributed by atoms with Crippen LogP contribution in [-0.4, -0.2) is 25.0 Å². The van der Waals surface area contributed by atoms with Gasteiger partial charge in [0.05, 0.1) is 4.88 Å². The number of fused-ring (bicyclic) bond motifs is 1. The summed E-state index contributed by atoms with van der Waals surface area (Å²) >= 11 is 1.42. The Bertz CT molecular complexity index is 1020. The maximum atomic E-state index is 13.5. The van der Waals surface area contributed by atoms with Crippen molar-refractivity contribution in [3.63, 3.8) is 0 Å². The van der Waals surface area contributed by atoms with Crippen LogP contribution in [0.25, 0.3) is 0 Å². The molecule has 1 aromatic heterocycles. The lowest BCUT2D eigenvalue weighted by atomic mass is 10.1. The lowest BCUT2D eigenvalue weighted by molar-refractivity contribution is -0.118. The fourth-order valence-electron chi connectivity index (χ4n) is 3.13. The molecule has 0 unspecified atom stereocenters. The molecule has 0 spiro atoms. The molecule has 5 nitrogen and oxygen atoms in total. The Kier molecular flexibility index (Phi) is 5.08. The van der Waals surface area contributed by atoms with Gasteiger partial charge in [0.1, 0.15) is 0 Å². The first kappa shape index (κ1) is 18.2. The minimum Gasteiger partial charge on any atom is -0.481 e. The second-order valence-electron chi connectivity index (χ2n) is 6.29. The zero-order chi connectivity index (χ0) is 19.5. The molecule has 1 aliphatic rings. The van der Waals surface area contributed by atoms with Crippen LogP contribution in [0.1, 0.15) is 15.2 Å². The summed E-state index contributed by atoms with van der Waals surface area (Å²) in [6.45, 7) is 0.320. The van der Waals surface area contributed by atoms with Crippen LogP contribution in [0.15, 0.2) is 60.0 Å². The average Bonchev–Trinajstić information content (AvgIpc) is 3.36. The van der Waals surface area contributed by atoms with E-state index in [-0.39, 0.29) is 24.2 Å². The second kappa shape index (κ2) is 7.82. The summed E-state index contributed by atoms with van der Waals surface area (Å²) in [4.78, 5) is 27.2. The molecule has 0 aliphatic carbocycles. The van der Waals surface area contributed by atoms with E-state index in [0.717, 1.165) is 17.7 Å². The maximum Gasteiger partial charge on any atom is 0.268 e. The van der Waals surface area contributed by atoms with Gasteiger partial charge in [-0.2, -0.15) is 0 Å². The first-order chi connectivity index (χ1) is 13.6. The van der Waals surface area contributed by atoms with E-state index in [9.17, 15) is 14.0 Å². The first-order valence-electron chi connectivity index (χ1n) is 8.77. The molecule has 0 saturated heterocycles. The summed E-state index contributed by atoms with van der Waals surface area (Å²) in [5.41, 5.74) is 2.48. The summed E-state index contributed by atoms with van der Waals surface area (Å²) in [5.74, 6) is -0.866.